The number of nitrogens with zero attached hydrogens (tertiary/aromatic N) is 1. The molecule has 2 aliphatic rings. The fourth-order valence-corrected chi connectivity index (χ4v) is 7.76. The summed E-state index contributed by atoms with van der Waals surface area (Å²) in [6, 6.07) is 10.8. The van der Waals surface area contributed by atoms with Crippen molar-refractivity contribution >= 4 is 29.7 Å². The predicted octanol–water partition coefficient (Wildman–Crippen LogP) is 0.823. The highest BCUT2D eigenvalue weighted by Gasteiger charge is 2.48. The predicted molar refractivity (Wildman–Crippen MR) is 292 cm³/mol. The van der Waals surface area contributed by atoms with Crippen LogP contribution in [0.4, 0.5) is 0 Å². The van der Waals surface area contributed by atoms with Gasteiger partial charge in [0.1, 0.15) is 49.1 Å². The molecule has 0 spiro atoms. The Kier molecular flexibility index (Phi) is 36.0. The molecule has 0 saturated carbocycles. The summed E-state index contributed by atoms with van der Waals surface area (Å²) in [4.78, 5) is 64.0. The fourth-order valence-electron chi connectivity index (χ4n) is 7.76. The van der Waals surface area contributed by atoms with E-state index in [1.54, 1.807) is 63.4 Å². The van der Waals surface area contributed by atoms with E-state index in [2.05, 4.69) is 5.32 Å². The molecule has 0 unspecified atom stereocenters. The molecule has 2 aromatic rings. The van der Waals surface area contributed by atoms with Crippen LogP contribution in [-0.4, -0.2) is 251 Å². The molecule has 6 atom stereocenters. The molecular weight excluding hydrogens is 1100 g/mol. The molecule has 3 amide bonds. The third-order valence-electron chi connectivity index (χ3n) is 12.3. The third kappa shape index (κ3) is 28.4. The number of hydrogen-bond acceptors (Lipinski definition) is 23. The Morgan fingerprint density at radius 2 is 1.05 bits per heavy atom. The monoisotopic (exact) mass is 1180 g/mol. The van der Waals surface area contributed by atoms with Crippen LogP contribution in [0.15, 0.2) is 54.6 Å². The summed E-state index contributed by atoms with van der Waals surface area (Å²) in [6.45, 7) is 13.2. The number of nitrogens with one attached hydrogen (secondary N) is 1. The molecule has 1 fully saturated rings. The van der Waals surface area contributed by atoms with Gasteiger partial charge in [0.15, 0.2) is 6.10 Å². The SMILES string of the molecule is COCCOCCOCCOCCOCCOCCOCCOCCOCCOCCOCCOc1ccc(C[C@@H](C(=O)NCCCCc2ccc(COC(=O)C(C)C)c(O[C@@H]3O[C@H](C(=O)O)[C@@H](O)[C@H](O)[C@H]3O)c2)N2C(=O)C=CC2=O)cc1. The van der Waals surface area contributed by atoms with Gasteiger partial charge >= 0.3 is 11.9 Å². The summed E-state index contributed by atoms with van der Waals surface area (Å²) in [5.41, 5.74) is 1.76. The van der Waals surface area contributed by atoms with Crippen LogP contribution in [-0.2, 0) is 105 Å². The van der Waals surface area contributed by atoms with E-state index in [1.807, 2.05) is 0 Å². The molecular formula is C57H86N2O24. The maximum absolute atomic E-state index is 13.6. The number of methoxy groups -OCH3 is 1. The minimum absolute atomic E-state index is 0.0489. The quantitative estimate of drug-likeness (QED) is 0.0348. The zero-order chi connectivity index (χ0) is 59.9. The largest absolute Gasteiger partial charge is 0.491 e. The van der Waals surface area contributed by atoms with E-state index in [0.717, 1.165) is 22.6 Å². The average Bonchev–Trinajstić information content (AvgIpc) is 3.95. The van der Waals surface area contributed by atoms with Gasteiger partial charge in [0.25, 0.3) is 11.8 Å². The van der Waals surface area contributed by atoms with Gasteiger partial charge in [-0.2, -0.15) is 0 Å². The van der Waals surface area contributed by atoms with Crippen molar-refractivity contribution in [1.82, 2.24) is 10.2 Å². The van der Waals surface area contributed by atoms with Crippen LogP contribution in [0.25, 0.3) is 0 Å². The standard InChI is InChI=1S/C57H86N2O24/c1-41(2)56(68)81-40-44-10-7-42(39-47(44)82-57-52(64)50(62)51(63)53(83-57)55(66)67)6-4-5-15-58-54(65)46(59-48(60)13-14-49(59)61)38-43-8-11-45(12-9-43)80-37-36-79-35-34-78-33-32-77-31-30-76-29-28-75-27-26-74-25-24-73-23-22-72-21-20-71-19-18-70-17-16-69-3/h7-14,39,41,46,50-53,57,62-64H,4-6,15-38,40H2,1-3H3,(H,58,65)(H,66,67)/t46-,50-,51-,52+,53-,57+/m0/s1. The van der Waals surface area contributed by atoms with Gasteiger partial charge in [-0.25, -0.2) is 4.79 Å². The lowest BCUT2D eigenvalue weighted by Gasteiger charge is -2.38. The Labute approximate surface area is 484 Å². The highest BCUT2D eigenvalue weighted by Crippen LogP contribution is 2.29. The van der Waals surface area contributed by atoms with Crippen molar-refractivity contribution < 1.29 is 115 Å². The molecule has 2 aromatic carbocycles. The number of carboxylic acid groups (broad SMARTS) is 1. The molecule has 468 valence electrons. The van der Waals surface area contributed by atoms with E-state index in [4.69, 9.17) is 71.1 Å². The Bertz CT molecular complexity index is 2150. The first kappa shape index (κ1) is 70.2. The van der Waals surface area contributed by atoms with Crippen molar-refractivity contribution in [3.05, 3.63) is 71.3 Å². The molecule has 2 heterocycles. The third-order valence-corrected chi connectivity index (χ3v) is 12.3. The van der Waals surface area contributed by atoms with Crippen LogP contribution in [0.5, 0.6) is 11.5 Å². The average molecular weight is 1180 g/mol. The Hall–Kier alpha value is -5.27. The molecule has 0 bridgehead atoms. The molecule has 26 heteroatoms. The zero-order valence-electron chi connectivity index (χ0n) is 47.9. The van der Waals surface area contributed by atoms with Crippen LogP contribution >= 0.6 is 0 Å². The highest BCUT2D eigenvalue weighted by molar-refractivity contribution is 6.15. The maximum atomic E-state index is 13.6. The minimum Gasteiger partial charge on any atom is -0.491 e. The van der Waals surface area contributed by atoms with Gasteiger partial charge in [-0.05, 0) is 48.6 Å². The van der Waals surface area contributed by atoms with E-state index in [0.29, 0.717) is 175 Å². The molecule has 26 nitrogen and oxygen atoms in total. The molecule has 4 rings (SSSR count). The number of benzene rings is 2. The summed E-state index contributed by atoms with van der Waals surface area (Å²) in [5, 5.41) is 43.4. The number of aliphatic hydroxyl groups is 3. The second kappa shape index (κ2) is 42.5. The first-order valence-electron chi connectivity index (χ1n) is 28.0. The number of hydrogen-bond donors (Lipinski definition) is 5. The van der Waals surface area contributed by atoms with Crippen LogP contribution < -0.4 is 14.8 Å². The second-order valence-electron chi connectivity index (χ2n) is 19.0. The molecule has 0 aliphatic carbocycles. The lowest BCUT2D eigenvalue weighted by atomic mass is 9.99. The molecule has 2 aliphatic heterocycles. The van der Waals surface area contributed by atoms with Crippen LogP contribution in [0.2, 0.25) is 0 Å². The number of aliphatic hydroxyl groups excluding tert-OH is 3. The number of amides is 3. The van der Waals surface area contributed by atoms with Crippen molar-refractivity contribution in [2.75, 3.05) is 159 Å². The summed E-state index contributed by atoms with van der Waals surface area (Å²) >= 11 is 0. The lowest BCUT2D eigenvalue weighted by molar-refractivity contribution is -0.271. The lowest BCUT2D eigenvalue weighted by Crippen LogP contribution is -2.61. The van der Waals surface area contributed by atoms with Crippen LogP contribution in [0, 0.1) is 5.92 Å². The van der Waals surface area contributed by atoms with Crippen molar-refractivity contribution in [2.45, 2.75) is 82.9 Å². The first-order chi connectivity index (χ1) is 40.3. The second-order valence-corrected chi connectivity index (χ2v) is 19.0. The van der Waals surface area contributed by atoms with Gasteiger partial charge in [0, 0.05) is 37.8 Å². The molecule has 83 heavy (non-hydrogen) atoms. The number of aryl methyl sites for hydroxylation is 1. The normalized spacial score (nSPS) is 18.3. The summed E-state index contributed by atoms with van der Waals surface area (Å²) in [7, 11) is 1.63. The number of unbranched alkanes of at least 4 members (excludes halogenated alkanes) is 1. The van der Waals surface area contributed by atoms with Crippen LogP contribution in [0.3, 0.4) is 0 Å². The Balaban J connectivity index is 1.02. The number of carbonyl (C=O) groups excluding carboxylic acids is 4. The number of aliphatic carboxylic acids is 1. The number of esters is 1. The van der Waals surface area contributed by atoms with E-state index >= 15 is 0 Å². The van der Waals surface area contributed by atoms with Crippen molar-refractivity contribution in [3.63, 3.8) is 0 Å². The van der Waals surface area contributed by atoms with E-state index < -0.39 is 72.3 Å². The van der Waals surface area contributed by atoms with Gasteiger partial charge in [0.2, 0.25) is 12.2 Å². The van der Waals surface area contributed by atoms with E-state index in [-0.39, 0.29) is 31.9 Å². The summed E-state index contributed by atoms with van der Waals surface area (Å²) in [5.74, 6) is -3.57. The Morgan fingerprint density at radius 1 is 0.590 bits per heavy atom. The fraction of sp³-hybridized carbons (Fsp3) is 0.667. The van der Waals surface area contributed by atoms with Gasteiger partial charge in [-0.3, -0.25) is 24.1 Å². The Morgan fingerprint density at radius 3 is 1.51 bits per heavy atom. The molecule has 0 radical (unpaired) electrons. The smallest absolute Gasteiger partial charge is 0.335 e. The van der Waals surface area contributed by atoms with Crippen molar-refractivity contribution in [2.24, 2.45) is 5.92 Å². The summed E-state index contributed by atoms with van der Waals surface area (Å²) in [6.07, 6.45) is -5.45. The summed E-state index contributed by atoms with van der Waals surface area (Å²) < 4.78 is 82.2. The number of ether oxygens (including phenoxy) is 15. The van der Waals surface area contributed by atoms with Gasteiger partial charge in [0.05, 0.1) is 145 Å². The minimum atomic E-state index is -1.92. The number of carbonyl (C=O) groups is 5. The zero-order valence-corrected chi connectivity index (χ0v) is 47.9. The molecule has 5 N–H and O–H groups in total. The first-order valence-corrected chi connectivity index (χ1v) is 28.0. The van der Waals surface area contributed by atoms with Gasteiger partial charge in [-0.15, -0.1) is 0 Å². The van der Waals surface area contributed by atoms with E-state index in [9.17, 15) is 44.4 Å². The molecule has 0 aromatic heterocycles. The maximum Gasteiger partial charge on any atom is 0.335 e. The highest BCUT2D eigenvalue weighted by atomic mass is 16.7. The van der Waals surface area contributed by atoms with Crippen molar-refractivity contribution in [1.29, 1.82) is 0 Å². The van der Waals surface area contributed by atoms with Gasteiger partial charge < -0.3 is 96.8 Å². The van der Waals surface area contributed by atoms with Crippen LogP contribution in [0.1, 0.15) is 43.4 Å². The van der Waals surface area contributed by atoms with Crippen molar-refractivity contribution in [3.8, 4) is 11.5 Å². The van der Waals surface area contributed by atoms with Gasteiger partial charge in [-0.1, -0.05) is 38.1 Å². The van der Waals surface area contributed by atoms with E-state index in [1.165, 1.54) is 0 Å². The number of rotatable bonds is 49. The molecule has 1 saturated heterocycles. The topological polar surface area (TPSA) is 320 Å². The number of imide groups is 1. The number of carboxylic acids is 1.